The number of anilines is 1. The molecule has 1 saturated carbocycles. The fourth-order valence-corrected chi connectivity index (χ4v) is 3.46. The minimum Gasteiger partial charge on any atom is -0.348 e. The van der Waals surface area contributed by atoms with Crippen molar-refractivity contribution in [1.29, 1.82) is 0 Å². The summed E-state index contributed by atoms with van der Waals surface area (Å²) in [4.78, 5) is 32.5. The van der Waals surface area contributed by atoms with Crippen molar-refractivity contribution in [1.82, 2.24) is 19.9 Å². The second-order valence-electron chi connectivity index (χ2n) is 6.17. The molecule has 2 N–H and O–H groups in total. The Morgan fingerprint density at radius 2 is 2.27 bits per heavy atom. The predicted octanol–water partition coefficient (Wildman–Crippen LogP) is 2.30. The molecule has 136 valence electrons. The van der Waals surface area contributed by atoms with E-state index < -0.39 is 11.8 Å². The van der Waals surface area contributed by atoms with E-state index in [0.29, 0.717) is 40.7 Å². The highest BCUT2D eigenvalue weighted by atomic mass is 35.5. The van der Waals surface area contributed by atoms with Crippen LogP contribution in [0, 0.1) is 24.2 Å². The zero-order chi connectivity index (χ0) is 18.7. The van der Waals surface area contributed by atoms with Crippen LogP contribution in [-0.2, 0) is 16.6 Å². The van der Waals surface area contributed by atoms with E-state index in [-0.39, 0.29) is 5.92 Å². The molecule has 26 heavy (non-hydrogen) atoms. The van der Waals surface area contributed by atoms with Gasteiger partial charge in [0.2, 0.25) is 0 Å². The van der Waals surface area contributed by atoms with Crippen LogP contribution in [-0.4, -0.2) is 32.9 Å². The Kier molecular flexibility index (Phi) is 5.59. The molecule has 1 fully saturated rings. The van der Waals surface area contributed by atoms with E-state index in [4.69, 9.17) is 18.0 Å². The summed E-state index contributed by atoms with van der Waals surface area (Å²) in [7, 11) is 1.77. The van der Waals surface area contributed by atoms with Gasteiger partial charge >= 0.3 is 11.8 Å². The summed E-state index contributed by atoms with van der Waals surface area (Å²) in [6.07, 6.45) is 9.75. The highest BCUT2D eigenvalue weighted by Gasteiger charge is 2.31. The summed E-state index contributed by atoms with van der Waals surface area (Å²) in [5, 5.41) is 7.70. The molecule has 1 aliphatic carbocycles. The molecule has 9 heteroatoms. The summed E-state index contributed by atoms with van der Waals surface area (Å²) < 4.78 is 1.68. The lowest BCUT2D eigenvalue weighted by Gasteiger charge is -2.13. The van der Waals surface area contributed by atoms with Gasteiger partial charge in [-0.3, -0.25) is 14.9 Å². The molecular formula is C17H18ClN5O2S. The van der Waals surface area contributed by atoms with E-state index in [1.54, 1.807) is 17.0 Å². The van der Waals surface area contributed by atoms with Gasteiger partial charge in [-0.1, -0.05) is 11.6 Å². The number of amides is 2. The molecule has 2 aromatic heterocycles. The highest BCUT2D eigenvalue weighted by molar-refractivity contribution is 7.14. The minimum absolute atomic E-state index is 0.233. The number of nitrogens with one attached hydrogen (secondary N) is 2. The summed E-state index contributed by atoms with van der Waals surface area (Å²) >= 11 is 7.17. The van der Waals surface area contributed by atoms with Crippen LogP contribution in [0.2, 0.25) is 5.15 Å². The Morgan fingerprint density at radius 1 is 1.50 bits per heavy atom. The number of carbonyl (C=O) groups excluding carboxylic acids is 2. The second-order valence-corrected chi connectivity index (χ2v) is 7.42. The van der Waals surface area contributed by atoms with Crippen molar-refractivity contribution in [2.24, 2.45) is 18.9 Å². The molecular weight excluding hydrogens is 374 g/mol. The first kappa shape index (κ1) is 18.4. The quantitative estimate of drug-likeness (QED) is 0.584. The third-order valence-corrected chi connectivity index (χ3v) is 5.39. The van der Waals surface area contributed by atoms with Crippen LogP contribution < -0.4 is 10.6 Å². The van der Waals surface area contributed by atoms with Gasteiger partial charge in [0.25, 0.3) is 0 Å². The van der Waals surface area contributed by atoms with Crippen LogP contribution in [0.4, 0.5) is 5.13 Å². The monoisotopic (exact) mass is 391 g/mol. The number of terminal acetylenes is 1. The first-order chi connectivity index (χ1) is 12.5. The molecule has 0 aliphatic heterocycles. The van der Waals surface area contributed by atoms with Crippen molar-refractivity contribution >= 4 is 39.9 Å². The number of rotatable bonds is 6. The van der Waals surface area contributed by atoms with E-state index in [1.165, 1.54) is 17.5 Å². The van der Waals surface area contributed by atoms with E-state index in [2.05, 4.69) is 26.5 Å². The Bertz CT molecular complexity index is 865. The van der Waals surface area contributed by atoms with Crippen molar-refractivity contribution in [2.45, 2.75) is 19.3 Å². The molecule has 0 aromatic carbocycles. The van der Waals surface area contributed by atoms with Gasteiger partial charge in [-0.2, -0.15) is 0 Å². The summed E-state index contributed by atoms with van der Waals surface area (Å²) in [6, 6.07) is 0. The Balaban J connectivity index is 1.55. The maximum absolute atomic E-state index is 12.0. The van der Waals surface area contributed by atoms with Crippen molar-refractivity contribution in [2.75, 3.05) is 11.9 Å². The van der Waals surface area contributed by atoms with Gasteiger partial charge in [-0.25, -0.2) is 9.97 Å². The Morgan fingerprint density at radius 3 is 2.88 bits per heavy atom. The van der Waals surface area contributed by atoms with Crippen LogP contribution in [0.1, 0.15) is 19.3 Å². The molecule has 2 heterocycles. The normalized spacial score (nSPS) is 14.5. The van der Waals surface area contributed by atoms with Crippen molar-refractivity contribution in [3.05, 3.63) is 16.7 Å². The zero-order valence-corrected chi connectivity index (χ0v) is 15.7. The first-order valence-corrected chi connectivity index (χ1v) is 9.41. The number of halogens is 1. The van der Waals surface area contributed by atoms with E-state index in [1.807, 2.05) is 0 Å². The average Bonchev–Trinajstić information content (AvgIpc) is 3.29. The summed E-state index contributed by atoms with van der Waals surface area (Å²) in [6.45, 7) is 0.413. The number of hydrogen-bond donors (Lipinski definition) is 2. The van der Waals surface area contributed by atoms with Gasteiger partial charge in [0, 0.05) is 25.4 Å². The number of carbonyl (C=O) groups is 2. The van der Waals surface area contributed by atoms with E-state index >= 15 is 0 Å². The lowest BCUT2D eigenvalue weighted by Crippen LogP contribution is -2.38. The van der Waals surface area contributed by atoms with Crippen molar-refractivity contribution in [3.63, 3.8) is 0 Å². The zero-order valence-electron chi connectivity index (χ0n) is 14.2. The number of aromatic nitrogens is 3. The molecule has 0 radical (unpaired) electrons. The van der Waals surface area contributed by atoms with Crippen LogP contribution in [0.5, 0.6) is 0 Å². The summed E-state index contributed by atoms with van der Waals surface area (Å²) in [5.41, 5.74) is 0.572. The molecule has 1 atom stereocenters. The fraction of sp³-hybridized carbons (Fsp3) is 0.412. The lowest BCUT2D eigenvalue weighted by molar-refractivity contribution is -0.136. The van der Waals surface area contributed by atoms with Crippen LogP contribution in [0.3, 0.4) is 0 Å². The topological polar surface area (TPSA) is 88.9 Å². The van der Waals surface area contributed by atoms with Gasteiger partial charge in [-0.05, 0) is 24.7 Å². The van der Waals surface area contributed by atoms with Gasteiger partial charge in [0.15, 0.2) is 11.0 Å². The smallest absolute Gasteiger partial charge is 0.315 e. The third-order valence-electron chi connectivity index (χ3n) is 4.28. The number of hydrogen-bond acceptors (Lipinski definition) is 5. The molecule has 2 aromatic rings. The molecule has 1 aliphatic rings. The number of imidazole rings is 1. The standard InChI is InChI=1S/C17H18ClN5O2S/c1-3-4-11(10-5-6-10)7-20-15(24)16(25)22-17-21-12(9-26-17)14-19-8-13(18)23(14)2/h1,8-11H,4-7H2,2H3,(H,20,24)(H,21,22,25). The van der Waals surface area contributed by atoms with E-state index in [0.717, 1.165) is 12.8 Å². The molecule has 0 bridgehead atoms. The highest BCUT2D eigenvalue weighted by Crippen LogP contribution is 2.38. The molecule has 0 spiro atoms. The van der Waals surface area contributed by atoms with Crippen molar-refractivity contribution in [3.8, 4) is 23.9 Å². The maximum atomic E-state index is 12.0. The molecule has 2 amide bonds. The van der Waals surface area contributed by atoms with Crippen LogP contribution >= 0.6 is 22.9 Å². The molecule has 7 nitrogen and oxygen atoms in total. The number of thiazole rings is 1. The van der Waals surface area contributed by atoms with Gasteiger partial charge in [0.1, 0.15) is 10.8 Å². The largest absolute Gasteiger partial charge is 0.348 e. The van der Waals surface area contributed by atoms with Gasteiger partial charge in [-0.15, -0.1) is 23.7 Å². The van der Waals surface area contributed by atoms with Gasteiger partial charge in [0.05, 0.1) is 6.20 Å². The summed E-state index contributed by atoms with van der Waals surface area (Å²) in [5.74, 6) is 2.56. The second kappa shape index (κ2) is 7.89. The van der Waals surface area contributed by atoms with Crippen LogP contribution in [0.15, 0.2) is 11.6 Å². The average molecular weight is 392 g/mol. The molecule has 0 saturated heterocycles. The molecule has 3 rings (SSSR count). The third kappa shape index (κ3) is 4.23. The number of nitrogens with zero attached hydrogens (tertiary/aromatic N) is 3. The Labute approximate surface area is 160 Å². The molecule has 1 unspecified atom stereocenters. The van der Waals surface area contributed by atoms with Crippen molar-refractivity contribution < 1.29 is 9.59 Å². The first-order valence-electron chi connectivity index (χ1n) is 8.15. The van der Waals surface area contributed by atoms with E-state index in [9.17, 15) is 9.59 Å². The van der Waals surface area contributed by atoms with Crippen LogP contribution in [0.25, 0.3) is 11.5 Å². The minimum atomic E-state index is -0.751. The Hall–Kier alpha value is -2.37. The maximum Gasteiger partial charge on any atom is 0.315 e. The fourth-order valence-electron chi connectivity index (χ4n) is 2.64. The SMILES string of the molecule is C#CCC(CNC(=O)C(=O)Nc1nc(-c2ncc(Cl)n2C)cs1)C1CC1. The lowest BCUT2D eigenvalue weighted by atomic mass is 10.0. The van der Waals surface area contributed by atoms with Gasteiger partial charge < -0.3 is 9.88 Å². The predicted molar refractivity (Wildman–Crippen MR) is 101 cm³/mol.